The normalized spacial score (nSPS) is 12.1. The molecular weight excluding hydrogens is 364 g/mol. The van der Waals surface area contributed by atoms with Crippen LogP contribution in [0.25, 0.3) is 11.0 Å². The van der Waals surface area contributed by atoms with Gasteiger partial charge in [0, 0.05) is 30.7 Å². The lowest BCUT2D eigenvalue weighted by atomic mass is 10.2. The molecule has 0 aliphatic rings. The predicted octanol–water partition coefficient (Wildman–Crippen LogP) is 4.58. The van der Waals surface area contributed by atoms with E-state index in [-0.39, 0.29) is 12.1 Å². The summed E-state index contributed by atoms with van der Waals surface area (Å²) in [6, 6.07) is 19.6. The number of fused-ring (bicyclic) bond motifs is 1. The summed E-state index contributed by atoms with van der Waals surface area (Å²) in [5.41, 5.74) is 2.97. The van der Waals surface area contributed by atoms with Crippen LogP contribution in [-0.4, -0.2) is 27.8 Å². The Hall–Kier alpha value is -3.54. The highest BCUT2D eigenvalue weighted by Crippen LogP contribution is 2.26. The lowest BCUT2D eigenvalue weighted by Gasteiger charge is -2.23. The minimum absolute atomic E-state index is 0.159. The summed E-state index contributed by atoms with van der Waals surface area (Å²) in [4.78, 5) is 14.2. The van der Waals surface area contributed by atoms with E-state index < -0.39 is 0 Å². The van der Waals surface area contributed by atoms with Crippen molar-refractivity contribution in [3.63, 3.8) is 0 Å². The van der Waals surface area contributed by atoms with Gasteiger partial charge in [-0.1, -0.05) is 48.5 Å². The standard InChI is InChI=1S/C23H24N4O2/c1-17(22-12-20-10-6-7-11-21(20)29-22)26(2)23(28)24-13-19-14-25-27(16-19)15-18-8-4-3-5-9-18/h3-12,14,16-17H,13,15H2,1-2H3,(H,24,28). The molecule has 1 N–H and O–H groups in total. The molecule has 0 fully saturated rings. The fraction of sp³-hybridized carbons (Fsp3) is 0.217. The highest BCUT2D eigenvalue weighted by atomic mass is 16.3. The molecule has 29 heavy (non-hydrogen) atoms. The number of nitrogens with zero attached hydrogens (tertiary/aromatic N) is 3. The van der Waals surface area contributed by atoms with E-state index in [1.54, 1.807) is 18.1 Å². The molecule has 0 saturated carbocycles. The van der Waals surface area contributed by atoms with Gasteiger partial charge in [0.2, 0.25) is 0 Å². The zero-order valence-corrected chi connectivity index (χ0v) is 16.6. The average molecular weight is 388 g/mol. The van der Waals surface area contributed by atoms with E-state index in [2.05, 4.69) is 22.5 Å². The minimum atomic E-state index is -0.178. The first-order valence-electron chi connectivity index (χ1n) is 9.64. The Morgan fingerprint density at radius 2 is 1.90 bits per heavy atom. The number of hydrogen-bond donors (Lipinski definition) is 1. The molecule has 0 bridgehead atoms. The summed E-state index contributed by atoms with van der Waals surface area (Å²) in [5, 5.41) is 8.37. The van der Waals surface area contributed by atoms with Crippen LogP contribution >= 0.6 is 0 Å². The zero-order valence-electron chi connectivity index (χ0n) is 16.6. The Labute approximate surface area is 169 Å². The maximum atomic E-state index is 12.6. The van der Waals surface area contributed by atoms with Crippen molar-refractivity contribution in [1.29, 1.82) is 0 Å². The predicted molar refractivity (Wildman–Crippen MR) is 112 cm³/mol. The van der Waals surface area contributed by atoms with Crippen LogP contribution in [0.4, 0.5) is 4.79 Å². The van der Waals surface area contributed by atoms with Crippen LogP contribution in [0.15, 0.2) is 77.5 Å². The molecule has 2 amide bonds. The second-order valence-electron chi connectivity index (χ2n) is 7.16. The molecule has 4 rings (SSSR count). The molecule has 0 radical (unpaired) electrons. The number of carbonyl (C=O) groups is 1. The molecule has 1 unspecified atom stereocenters. The van der Waals surface area contributed by atoms with Crippen molar-refractivity contribution in [2.24, 2.45) is 0 Å². The molecule has 0 spiro atoms. The van der Waals surface area contributed by atoms with Crippen molar-refractivity contribution in [3.05, 3.63) is 89.9 Å². The summed E-state index contributed by atoms with van der Waals surface area (Å²) >= 11 is 0. The van der Waals surface area contributed by atoms with Gasteiger partial charge in [-0.25, -0.2) is 4.79 Å². The first-order chi connectivity index (χ1) is 14.1. The van der Waals surface area contributed by atoms with Gasteiger partial charge in [-0.2, -0.15) is 5.10 Å². The molecule has 0 saturated heterocycles. The SMILES string of the molecule is CC(c1cc2ccccc2o1)N(C)C(=O)NCc1cnn(Cc2ccccc2)c1. The molecule has 6 nitrogen and oxygen atoms in total. The molecule has 0 aliphatic heterocycles. The number of furan rings is 1. The van der Waals surface area contributed by atoms with E-state index >= 15 is 0 Å². The van der Waals surface area contributed by atoms with Crippen molar-refractivity contribution in [1.82, 2.24) is 20.0 Å². The number of para-hydroxylation sites is 1. The van der Waals surface area contributed by atoms with Gasteiger partial charge >= 0.3 is 6.03 Å². The van der Waals surface area contributed by atoms with Crippen LogP contribution in [0.5, 0.6) is 0 Å². The van der Waals surface area contributed by atoms with Crippen LogP contribution < -0.4 is 5.32 Å². The number of amides is 2. The Morgan fingerprint density at radius 1 is 1.14 bits per heavy atom. The smallest absolute Gasteiger partial charge is 0.318 e. The first-order valence-corrected chi connectivity index (χ1v) is 9.64. The summed E-state index contributed by atoms with van der Waals surface area (Å²) in [6.07, 6.45) is 3.74. The zero-order chi connectivity index (χ0) is 20.2. The summed E-state index contributed by atoms with van der Waals surface area (Å²) in [5.74, 6) is 0.763. The minimum Gasteiger partial charge on any atom is -0.459 e. The molecule has 148 valence electrons. The number of rotatable bonds is 6. The number of urea groups is 1. The van der Waals surface area contributed by atoms with Gasteiger partial charge < -0.3 is 14.6 Å². The third-order valence-corrected chi connectivity index (χ3v) is 5.08. The van der Waals surface area contributed by atoms with Gasteiger partial charge in [0.05, 0.1) is 18.8 Å². The lowest BCUT2D eigenvalue weighted by molar-refractivity contribution is 0.187. The molecular formula is C23H24N4O2. The van der Waals surface area contributed by atoms with E-state index in [0.29, 0.717) is 13.1 Å². The highest BCUT2D eigenvalue weighted by Gasteiger charge is 2.20. The number of carbonyl (C=O) groups excluding carboxylic acids is 1. The van der Waals surface area contributed by atoms with Crippen molar-refractivity contribution >= 4 is 17.0 Å². The lowest BCUT2D eigenvalue weighted by Crippen LogP contribution is -2.38. The fourth-order valence-corrected chi connectivity index (χ4v) is 3.23. The van der Waals surface area contributed by atoms with Crippen molar-refractivity contribution in [2.75, 3.05) is 7.05 Å². The summed E-state index contributed by atoms with van der Waals surface area (Å²) < 4.78 is 7.76. The average Bonchev–Trinajstić information content (AvgIpc) is 3.38. The Bertz CT molecular complexity index is 1070. The number of benzene rings is 2. The van der Waals surface area contributed by atoms with Crippen LogP contribution in [-0.2, 0) is 13.1 Å². The van der Waals surface area contributed by atoms with Crippen LogP contribution in [0.3, 0.4) is 0 Å². The number of nitrogens with one attached hydrogen (secondary N) is 1. The number of hydrogen-bond acceptors (Lipinski definition) is 3. The van der Waals surface area contributed by atoms with E-state index in [1.165, 1.54) is 5.56 Å². The quantitative estimate of drug-likeness (QED) is 0.526. The Balaban J connectivity index is 1.34. The Kier molecular flexibility index (Phi) is 5.33. The molecule has 0 aliphatic carbocycles. The van der Waals surface area contributed by atoms with Gasteiger partial charge in [0.15, 0.2) is 0 Å². The van der Waals surface area contributed by atoms with Gasteiger partial charge in [-0.15, -0.1) is 0 Å². The molecule has 2 aromatic carbocycles. The Morgan fingerprint density at radius 3 is 2.69 bits per heavy atom. The van der Waals surface area contributed by atoms with E-state index in [4.69, 9.17) is 4.42 Å². The van der Waals surface area contributed by atoms with Crippen LogP contribution in [0.2, 0.25) is 0 Å². The molecule has 6 heteroatoms. The molecule has 1 atom stereocenters. The topological polar surface area (TPSA) is 63.3 Å². The largest absolute Gasteiger partial charge is 0.459 e. The third-order valence-electron chi connectivity index (χ3n) is 5.08. The van der Waals surface area contributed by atoms with Crippen molar-refractivity contribution in [2.45, 2.75) is 26.1 Å². The highest BCUT2D eigenvalue weighted by molar-refractivity contribution is 5.78. The molecule has 4 aromatic rings. The van der Waals surface area contributed by atoms with E-state index in [1.807, 2.05) is 66.3 Å². The fourth-order valence-electron chi connectivity index (χ4n) is 3.23. The third kappa shape index (κ3) is 4.32. The van der Waals surface area contributed by atoms with Gasteiger partial charge in [-0.3, -0.25) is 4.68 Å². The van der Waals surface area contributed by atoms with Gasteiger partial charge in [0.1, 0.15) is 11.3 Å². The van der Waals surface area contributed by atoms with Crippen LogP contribution in [0.1, 0.15) is 29.9 Å². The first kappa shape index (κ1) is 18.8. The van der Waals surface area contributed by atoms with Gasteiger partial charge in [-0.05, 0) is 24.6 Å². The maximum Gasteiger partial charge on any atom is 0.318 e. The molecule has 2 aromatic heterocycles. The van der Waals surface area contributed by atoms with Crippen molar-refractivity contribution < 1.29 is 9.21 Å². The second kappa shape index (κ2) is 8.22. The molecule has 2 heterocycles. The number of aromatic nitrogens is 2. The van der Waals surface area contributed by atoms with E-state index in [9.17, 15) is 4.79 Å². The monoisotopic (exact) mass is 388 g/mol. The summed E-state index contributed by atoms with van der Waals surface area (Å²) in [6.45, 7) is 3.08. The van der Waals surface area contributed by atoms with Crippen LogP contribution in [0, 0.1) is 0 Å². The second-order valence-corrected chi connectivity index (χ2v) is 7.16. The summed E-state index contributed by atoms with van der Waals surface area (Å²) in [7, 11) is 1.77. The van der Waals surface area contributed by atoms with Crippen molar-refractivity contribution in [3.8, 4) is 0 Å². The van der Waals surface area contributed by atoms with E-state index in [0.717, 1.165) is 22.3 Å². The van der Waals surface area contributed by atoms with Gasteiger partial charge in [0.25, 0.3) is 0 Å². The maximum absolute atomic E-state index is 12.6.